The van der Waals surface area contributed by atoms with Crippen molar-refractivity contribution in [3.63, 3.8) is 0 Å². The number of hydrogen-bond acceptors (Lipinski definition) is 6. The molecule has 0 spiro atoms. The van der Waals surface area contributed by atoms with Crippen LogP contribution in [0.3, 0.4) is 0 Å². The zero-order valence-electron chi connectivity index (χ0n) is 14.3. The second kappa shape index (κ2) is 6.68. The summed E-state index contributed by atoms with van der Waals surface area (Å²) in [7, 11) is 0. The minimum Gasteiger partial charge on any atom is -0.368 e. The molecule has 136 valence electrons. The molecule has 1 unspecified atom stereocenters. The monoisotopic (exact) mass is 359 g/mol. The van der Waals surface area contributed by atoms with E-state index in [0.717, 1.165) is 36.2 Å². The first kappa shape index (κ1) is 17.0. The van der Waals surface area contributed by atoms with Gasteiger partial charge in [0.05, 0.1) is 29.8 Å². The first-order valence-electron chi connectivity index (χ1n) is 8.53. The fourth-order valence-electron chi connectivity index (χ4n) is 3.80. The van der Waals surface area contributed by atoms with E-state index in [-0.39, 0.29) is 17.7 Å². The smallest absolute Gasteiger partial charge is 0.280 e. The maximum absolute atomic E-state index is 13.0. The van der Waals surface area contributed by atoms with Crippen molar-refractivity contribution in [1.29, 1.82) is 0 Å². The Morgan fingerprint density at radius 2 is 1.96 bits per heavy atom. The van der Waals surface area contributed by atoms with Gasteiger partial charge in [-0.15, -0.1) is 0 Å². The van der Waals surface area contributed by atoms with Gasteiger partial charge in [-0.25, -0.2) is 18.7 Å². The summed E-state index contributed by atoms with van der Waals surface area (Å²) < 4.78 is 26.0. The number of anilines is 1. The lowest BCUT2D eigenvalue weighted by Crippen LogP contribution is -2.56. The van der Waals surface area contributed by atoms with Gasteiger partial charge in [0.15, 0.2) is 0 Å². The lowest BCUT2D eigenvalue weighted by molar-refractivity contribution is -0.114. The Balaban J connectivity index is 1.46. The lowest BCUT2D eigenvalue weighted by Gasteiger charge is -2.45. The van der Waals surface area contributed by atoms with E-state index in [1.165, 1.54) is 12.4 Å². The average Bonchev–Trinajstić information content (AvgIpc) is 3.02. The molecule has 0 aromatic carbocycles. The fourth-order valence-corrected chi connectivity index (χ4v) is 3.80. The van der Waals surface area contributed by atoms with E-state index in [1.54, 1.807) is 12.4 Å². The zero-order valence-corrected chi connectivity index (χ0v) is 14.3. The van der Waals surface area contributed by atoms with Crippen LogP contribution >= 0.6 is 0 Å². The van der Waals surface area contributed by atoms with Gasteiger partial charge in [0.1, 0.15) is 18.3 Å². The molecule has 6 nitrogen and oxygen atoms in total. The molecule has 2 aliphatic heterocycles. The van der Waals surface area contributed by atoms with Gasteiger partial charge in [-0.1, -0.05) is 0 Å². The van der Waals surface area contributed by atoms with E-state index >= 15 is 0 Å². The summed E-state index contributed by atoms with van der Waals surface area (Å²) in [5.41, 5.74) is 3.20. The number of aldehydes is 1. The summed E-state index contributed by atoms with van der Waals surface area (Å²) >= 11 is 0. The van der Waals surface area contributed by atoms with E-state index in [1.807, 2.05) is 11.8 Å². The van der Waals surface area contributed by atoms with Crippen LogP contribution < -0.4 is 4.90 Å². The summed E-state index contributed by atoms with van der Waals surface area (Å²) in [5, 5.41) is 0. The Hall–Kier alpha value is -2.48. The summed E-state index contributed by atoms with van der Waals surface area (Å²) in [4.78, 5) is 28.1. The van der Waals surface area contributed by atoms with Crippen molar-refractivity contribution in [2.24, 2.45) is 5.92 Å². The molecule has 2 aromatic heterocycles. The standard InChI is InChI=1S/C18H19F2N5O/c1-11-2-15(18(19)20)23-16-8-25(7-14(11)16)17(9-26)12-5-24(6-12)13-3-21-10-22-4-13/h2-4,9-10,12,17-18H,5-8H2,1H3. The van der Waals surface area contributed by atoms with Crippen LogP contribution in [0.5, 0.6) is 0 Å². The zero-order chi connectivity index (χ0) is 18.3. The average molecular weight is 359 g/mol. The highest BCUT2D eigenvalue weighted by Crippen LogP contribution is 2.33. The number of hydrogen-bond donors (Lipinski definition) is 0. The highest BCUT2D eigenvalue weighted by molar-refractivity contribution is 5.61. The summed E-state index contributed by atoms with van der Waals surface area (Å²) in [6.07, 6.45) is 3.38. The van der Waals surface area contributed by atoms with Crippen molar-refractivity contribution >= 4 is 12.0 Å². The van der Waals surface area contributed by atoms with Crippen LogP contribution in [0.15, 0.2) is 24.8 Å². The van der Waals surface area contributed by atoms with E-state index in [4.69, 9.17) is 0 Å². The van der Waals surface area contributed by atoms with E-state index in [2.05, 4.69) is 19.9 Å². The van der Waals surface area contributed by atoms with E-state index in [9.17, 15) is 13.6 Å². The Bertz CT molecular complexity index is 811. The molecule has 0 radical (unpaired) electrons. The molecule has 0 saturated carbocycles. The summed E-state index contributed by atoms with van der Waals surface area (Å²) in [5.74, 6) is 0.192. The largest absolute Gasteiger partial charge is 0.368 e. The third kappa shape index (κ3) is 2.94. The molecule has 1 saturated heterocycles. The van der Waals surface area contributed by atoms with Crippen molar-refractivity contribution in [2.45, 2.75) is 32.5 Å². The third-order valence-corrected chi connectivity index (χ3v) is 5.26. The Morgan fingerprint density at radius 3 is 2.62 bits per heavy atom. The number of carbonyl (C=O) groups is 1. The quantitative estimate of drug-likeness (QED) is 0.763. The molecule has 8 heteroatoms. The third-order valence-electron chi connectivity index (χ3n) is 5.26. The van der Waals surface area contributed by atoms with Crippen molar-refractivity contribution in [3.8, 4) is 0 Å². The maximum atomic E-state index is 13.0. The molecule has 4 heterocycles. The van der Waals surface area contributed by atoms with E-state index < -0.39 is 6.43 Å². The van der Waals surface area contributed by atoms with Crippen LogP contribution in [0.1, 0.15) is 28.9 Å². The minimum absolute atomic E-state index is 0.190. The van der Waals surface area contributed by atoms with Gasteiger partial charge in [-0.05, 0) is 24.1 Å². The molecule has 0 bridgehead atoms. The number of nitrogens with zero attached hydrogens (tertiary/aromatic N) is 5. The number of rotatable bonds is 5. The van der Waals surface area contributed by atoms with Crippen LogP contribution in [0.25, 0.3) is 0 Å². The van der Waals surface area contributed by atoms with Crippen molar-refractivity contribution < 1.29 is 13.6 Å². The minimum atomic E-state index is -2.58. The predicted molar refractivity (Wildman–Crippen MR) is 90.8 cm³/mol. The highest BCUT2D eigenvalue weighted by Gasteiger charge is 2.39. The van der Waals surface area contributed by atoms with Gasteiger partial charge in [-0.2, -0.15) is 0 Å². The molecular weight excluding hydrogens is 340 g/mol. The second-order valence-corrected chi connectivity index (χ2v) is 6.88. The van der Waals surface area contributed by atoms with Crippen LogP contribution in [0, 0.1) is 12.8 Å². The Morgan fingerprint density at radius 1 is 1.23 bits per heavy atom. The number of alkyl halides is 2. The molecule has 0 amide bonds. The Kier molecular flexibility index (Phi) is 4.36. The van der Waals surface area contributed by atoms with Crippen molar-refractivity contribution in [2.75, 3.05) is 18.0 Å². The first-order valence-corrected chi connectivity index (χ1v) is 8.53. The number of aromatic nitrogens is 3. The normalized spacial score (nSPS) is 18.7. The molecule has 0 N–H and O–H groups in total. The fraction of sp³-hybridized carbons (Fsp3) is 0.444. The summed E-state index contributed by atoms with van der Waals surface area (Å²) in [6, 6.07) is 1.20. The van der Waals surface area contributed by atoms with Crippen LogP contribution in [0.2, 0.25) is 0 Å². The molecule has 1 atom stereocenters. The molecule has 0 aliphatic carbocycles. The predicted octanol–water partition coefficient (Wildman–Crippen LogP) is 2.14. The number of fused-ring (bicyclic) bond motifs is 1. The highest BCUT2D eigenvalue weighted by atomic mass is 19.3. The summed E-state index contributed by atoms with van der Waals surface area (Å²) in [6.45, 7) is 4.33. The molecule has 1 fully saturated rings. The van der Waals surface area contributed by atoms with Crippen LogP contribution in [-0.4, -0.2) is 45.3 Å². The van der Waals surface area contributed by atoms with Crippen molar-refractivity contribution in [1.82, 2.24) is 19.9 Å². The topological polar surface area (TPSA) is 62.2 Å². The molecular formula is C18H19F2N5O. The van der Waals surface area contributed by atoms with Crippen LogP contribution in [0.4, 0.5) is 14.5 Å². The van der Waals surface area contributed by atoms with E-state index in [0.29, 0.717) is 18.8 Å². The number of pyridine rings is 1. The van der Waals surface area contributed by atoms with Gasteiger partial charge in [0.25, 0.3) is 6.43 Å². The molecule has 4 rings (SSSR count). The van der Waals surface area contributed by atoms with Gasteiger partial charge in [0, 0.05) is 32.1 Å². The first-order chi connectivity index (χ1) is 12.6. The van der Waals surface area contributed by atoms with Gasteiger partial charge >= 0.3 is 0 Å². The Labute approximate surface area is 149 Å². The molecule has 26 heavy (non-hydrogen) atoms. The number of carbonyl (C=O) groups excluding carboxylic acids is 1. The van der Waals surface area contributed by atoms with Gasteiger partial charge in [-0.3, -0.25) is 9.88 Å². The van der Waals surface area contributed by atoms with Gasteiger partial charge < -0.3 is 9.69 Å². The lowest BCUT2D eigenvalue weighted by atomic mass is 9.91. The molecule has 2 aromatic rings. The number of halogens is 2. The number of aryl methyl sites for hydroxylation is 1. The SMILES string of the molecule is Cc1cc(C(F)F)nc2c1CN(C(C=O)C1CN(c3cncnc3)C1)C2. The van der Waals surface area contributed by atoms with Gasteiger partial charge in [0.2, 0.25) is 0 Å². The maximum Gasteiger partial charge on any atom is 0.280 e. The molecule has 2 aliphatic rings. The van der Waals surface area contributed by atoms with Crippen LogP contribution in [-0.2, 0) is 17.9 Å². The van der Waals surface area contributed by atoms with Crippen molar-refractivity contribution in [3.05, 3.63) is 47.3 Å². The second-order valence-electron chi connectivity index (χ2n) is 6.88.